The summed E-state index contributed by atoms with van der Waals surface area (Å²) in [7, 11) is 2.01. The summed E-state index contributed by atoms with van der Waals surface area (Å²) >= 11 is 0. The summed E-state index contributed by atoms with van der Waals surface area (Å²) in [6.07, 6.45) is 8.91. The molecular weight excluding hydrogens is 437 g/mol. The van der Waals surface area contributed by atoms with Gasteiger partial charge in [0.15, 0.2) is 12.4 Å². The number of amides is 1. The third-order valence-corrected chi connectivity index (χ3v) is 5.62. The largest absolute Gasteiger partial charge is 1.00 e. The van der Waals surface area contributed by atoms with Crippen molar-refractivity contribution in [1.29, 1.82) is 0 Å². The summed E-state index contributed by atoms with van der Waals surface area (Å²) < 4.78 is 2.03. The zero-order valence-electron chi connectivity index (χ0n) is 15.4. The predicted molar refractivity (Wildman–Crippen MR) is 99.0 cm³/mol. The van der Waals surface area contributed by atoms with Crippen LogP contribution >= 0.6 is 0 Å². The van der Waals surface area contributed by atoms with Crippen molar-refractivity contribution < 1.29 is 33.3 Å². The number of anilines is 1. The SMILES string of the molecule is C[n+]1cccc(/C=C/C23NC(=O)CCN2c2ccccc2C3(C)C)c1.[I-]. The van der Waals surface area contributed by atoms with E-state index in [9.17, 15) is 4.79 Å². The average Bonchev–Trinajstić information content (AvgIpc) is 2.78. The number of para-hydroxylation sites is 1. The highest BCUT2D eigenvalue weighted by atomic mass is 127. The third-order valence-electron chi connectivity index (χ3n) is 5.62. The first-order chi connectivity index (χ1) is 11.9. The van der Waals surface area contributed by atoms with Crippen molar-refractivity contribution in [3.63, 3.8) is 0 Å². The fourth-order valence-corrected chi connectivity index (χ4v) is 4.25. The molecule has 4 rings (SSSR count). The number of aryl methyl sites for hydroxylation is 1. The second-order valence-corrected chi connectivity index (χ2v) is 7.49. The van der Waals surface area contributed by atoms with Gasteiger partial charge in [0.05, 0.1) is 0 Å². The number of nitrogens with one attached hydrogen (secondary N) is 1. The molecule has 1 aromatic heterocycles. The Hall–Kier alpha value is -1.89. The van der Waals surface area contributed by atoms with Gasteiger partial charge in [-0.2, -0.15) is 0 Å². The van der Waals surface area contributed by atoms with Crippen LogP contribution in [0.5, 0.6) is 0 Å². The van der Waals surface area contributed by atoms with Crippen molar-refractivity contribution >= 4 is 17.7 Å². The molecule has 1 N–H and O–H groups in total. The normalized spacial score (nSPS) is 23.2. The van der Waals surface area contributed by atoms with Gasteiger partial charge in [-0.25, -0.2) is 4.57 Å². The number of nitrogens with zero attached hydrogens (tertiary/aromatic N) is 2. The first kappa shape index (κ1) is 18.9. The second-order valence-electron chi connectivity index (χ2n) is 7.49. The minimum absolute atomic E-state index is 0. The molecule has 0 radical (unpaired) electrons. The molecule has 0 bridgehead atoms. The minimum Gasteiger partial charge on any atom is -1.00 e. The van der Waals surface area contributed by atoms with E-state index in [1.165, 1.54) is 11.3 Å². The van der Waals surface area contributed by atoms with Crippen molar-refractivity contribution in [2.45, 2.75) is 31.3 Å². The fourth-order valence-electron chi connectivity index (χ4n) is 4.25. The van der Waals surface area contributed by atoms with Gasteiger partial charge in [-0.15, -0.1) is 0 Å². The Morgan fingerprint density at radius 1 is 1.19 bits per heavy atom. The molecule has 2 aliphatic rings. The van der Waals surface area contributed by atoms with Crippen LogP contribution in [0.4, 0.5) is 5.69 Å². The molecule has 1 fully saturated rings. The molecule has 26 heavy (non-hydrogen) atoms. The van der Waals surface area contributed by atoms with Crippen molar-refractivity contribution in [2.75, 3.05) is 11.4 Å². The Kier molecular flexibility index (Phi) is 4.86. The lowest BCUT2D eigenvalue weighted by atomic mass is 9.74. The number of halogens is 1. The van der Waals surface area contributed by atoms with E-state index in [0.29, 0.717) is 6.42 Å². The maximum Gasteiger partial charge on any atom is 0.223 e. The van der Waals surface area contributed by atoms with Gasteiger partial charge in [-0.3, -0.25) is 4.79 Å². The maximum absolute atomic E-state index is 12.3. The van der Waals surface area contributed by atoms with Crippen molar-refractivity contribution in [2.24, 2.45) is 7.05 Å². The van der Waals surface area contributed by atoms with E-state index in [0.717, 1.165) is 12.1 Å². The number of carbonyl (C=O) groups is 1. The van der Waals surface area contributed by atoms with Crippen LogP contribution in [0, 0.1) is 0 Å². The molecule has 1 aromatic carbocycles. The van der Waals surface area contributed by atoms with Crippen LogP contribution in [-0.4, -0.2) is 18.1 Å². The molecule has 4 nitrogen and oxygen atoms in total. The van der Waals surface area contributed by atoms with E-state index in [1.54, 1.807) is 0 Å². The molecule has 0 saturated carbocycles. The van der Waals surface area contributed by atoms with Gasteiger partial charge in [-0.1, -0.05) is 32.0 Å². The van der Waals surface area contributed by atoms with Crippen LogP contribution in [0.15, 0.2) is 54.9 Å². The quantitative estimate of drug-likeness (QED) is 0.486. The minimum atomic E-state index is -0.541. The molecule has 5 heteroatoms. The number of pyridine rings is 1. The Morgan fingerprint density at radius 3 is 2.73 bits per heavy atom. The molecule has 0 aliphatic carbocycles. The molecule has 1 amide bonds. The first-order valence-electron chi connectivity index (χ1n) is 8.77. The lowest BCUT2D eigenvalue weighted by Crippen LogP contribution is -3.00. The standard InChI is InChI=1S/C21H23N3O.HI/c1-20(2)17-8-4-5-9-18(17)24-14-11-19(25)22-21(20,24)12-10-16-7-6-13-23(3)15-16;/h4-10,12-13,15H,11,14H2,1-3H3;1H/b12-10+;. The Labute approximate surface area is 171 Å². The van der Waals surface area contributed by atoms with Gasteiger partial charge in [-0.05, 0) is 29.8 Å². The monoisotopic (exact) mass is 461 g/mol. The van der Waals surface area contributed by atoms with Crippen LogP contribution in [-0.2, 0) is 17.3 Å². The number of carbonyl (C=O) groups excluding carboxylic acids is 1. The molecule has 136 valence electrons. The van der Waals surface area contributed by atoms with Gasteiger partial charge in [0.1, 0.15) is 12.7 Å². The van der Waals surface area contributed by atoms with Crippen molar-refractivity contribution in [3.05, 3.63) is 66.0 Å². The molecule has 3 heterocycles. The van der Waals surface area contributed by atoms with E-state index in [1.807, 2.05) is 23.9 Å². The maximum atomic E-state index is 12.3. The lowest BCUT2D eigenvalue weighted by molar-refractivity contribution is -0.671. The summed E-state index contributed by atoms with van der Waals surface area (Å²) in [6, 6.07) is 12.6. The van der Waals surface area contributed by atoms with Crippen molar-refractivity contribution in [3.8, 4) is 0 Å². The molecule has 2 aliphatic heterocycles. The van der Waals surface area contributed by atoms with E-state index in [-0.39, 0.29) is 35.3 Å². The van der Waals surface area contributed by atoms with Gasteiger partial charge in [0.2, 0.25) is 5.91 Å². The Bertz CT molecular complexity index is 877. The molecule has 1 atom stereocenters. The predicted octanol–water partition coefficient (Wildman–Crippen LogP) is -0.458. The highest BCUT2D eigenvalue weighted by molar-refractivity contribution is 5.84. The molecule has 1 saturated heterocycles. The summed E-state index contributed by atoms with van der Waals surface area (Å²) in [6.45, 7) is 5.17. The molecular formula is C21H24IN3O. The highest BCUT2D eigenvalue weighted by Crippen LogP contribution is 2.52. The second kappa shape index (κ2) is 6.68. The van der Waals surface area contributed by atoms with E-state index >= 15 is 0 Å². The zero-order chi connectivity index (χ0) is 17.7. The molecule has 2 aromatic rings. The fraction of sp³-hybridized carbons (Fsp3) is 0.333. The van der Waals surface area contributed by atoms with Crippen LogP contribution in [0.1, 0.15) is 31.4 Å². The third kappa shape index (κ3) is 2.73. The topological polar surface area (TPSA) is 36.2 Å². The number of benzene rings is 1. The van der Waals surface area contributed by atoms with Crippen LogP contribution in [0.25, 0.3) is 6.08 Å². The summed E-state index contributed by atoms with van der Waals surface area (Å²) in [5.41, 5.74) is 2.84. The number of hydrogen-bond donors (Lipinski definition) is 1. The van der Waals surface area contributed by atoms with E-state index < -0.39 is 5.66 Å². The van der Waals surface area contributed by atoms with Gasteiger partial charge >= 0.3 is 0 Å². The number of hydrogen-bond acceptors (Lipinski definition) is 2. The summed E-state index contributed by atoms with van der Waals surface area (Å²) in [5, 5.41) is 3.31. The van der Waals surface area contributed by atoms with Gasteiger partial charge in [0.25, 0.3) is 0 Å². The zero-order valence-corrected chi connectivity index (χ0v) is 17.5. The molecule has 0 spiro atoms. The average molecular weight is 461 g/mol. The van der Waals surface area contributed by atoms with Gasteiger partial charge < -0.3 is 34.2 Å². The van der Waals surface area contributed by atoms with E-state index in [4.69, 9.17) is 0 Å². The summed E-state index contributed by atoms with van der Waals surface area (Å²) in [5.74, 6) is 0.111. The van der Waals surface area contributed by atoms with Crippen molar-refractivity contribution in [1.82, 2.24) is 5.32 Å². The van der Waals surface area contributed by atoms with Crippen LogP contribution in [0.2, 0.25) is 0 Å². The highest BCUT2D eigenvalue weighted by Gasteiger charge is 2.57. The lowest BCUT2D eigenvalue weighted by Gasteiger charge is -2.49. The number of fused-ring (bicyclic) bond motifs is 3. The van der Waals surface area contributed by atoms with Crippen LogP contribution < -0.4 is 38.8 Å². The van der Waals surface area contributed by atoms with Crippen LogP contribution in [0.3, 0.4) is 0 Å². The molecule has 1 unspecified atom stereocenters. The first-order valence-corrected chi connectivity index (χ1v) is 8.77. The Balaban J connectivity index is 0.00000196. The van der Waals surface area contributed by atoms with Gasteiger partial charge in [0, 0.05) is 35.7 Å². The number of rotatable bonds is 2. The summed E-state index contributed by atoms with van der Waals surface area (Å²) in [4.78, 5) is 14.7. The van der Waals surface area contributed by atoms with E-state index in [2.05, 4.69) is 72.7 Å². The smallest absolute Gasteiger partial charge is 0.223 e. The Morgan fingerprint density at radius 2 is 1.96 bits per heavy atom. The number of aromatic nitrogens is 1.